The Labute approximate surface area is 176 Å². The number of benzene rings is 1. The molecule has 1 amide bonds. The average molecular weight is 406 g/mol. The van der Waals surface area contributed by atoms with E-state index >= 15 is 0 Å². The van der Waals surface area contributed by atoms with Crippen LogP contribution >= 0.6 is 0 Å². The molecule has 3 N–H and O–H groups in total. The highest BCUT2D eigenvalue weighted by molar-refractivity contribution is 5.94. The van der Waals surface area contributed by atoms with E-state index in [1.54, 1.807) is 30.3 Å². The van der Waals surface area contributed by atoms with Crippen molar-refractivity contribution in [2.75, 3.05) is 31.6 Å². The number of hydrogen-bond donors (Lipinski definition) is 2. The average Bonchev–Trinajstić information content (AvgIpc) is 3.14. The number of anilines is 1. The monoisotopic (exact) mass is 405 g/mol. The fourth-order valence-corrected chi connectivity index (χ4v) is 4.15. The SMILES string of the molecule is Cc1cc(N2CC[C@@](O)(CN(C)C(=O)c3ccc(CN)cc3)C2)c2cnccc2n1. The van der Waals surface area contributed by atoms with E-state index in [9.17, 15) is 9.90 Å². The molecule has 1 aliphatic rings. The minimum atomic E-state index is -0.979. The van der Waals surface area contributed by atoms with Crippen LogP contribution in [0.4, 0.5) is 5.69 Å². The number of hydrogen-bond acceptors (Lipinski definition) is 6. The number of fused-ring (bicyclic) bond motifs is 1. The highest BCUT2D eigenvalue weighted by Gasteiger charge is 2.38. The molecule has 0 saturated carbocycles. The summed E-state index contributed by atoms with van der Waals surface area (Å²) in [7, 11) is 1.73. The van der Waals surface area contributed by atoms with Crippen molar-refractivity contribution in [3.63, 3.8) is 0 Å². The van der Waals surface area contributed by atoms with Gasteiger partial charge in [-0.05, 0) is 43.2 Å². The highest BCUT2D eigenvalue weighted by Crippen LogP contribution is 2.32. The molecule has 1 aromatic carbocycles. The normalized spacial score (nSPS) is 18.7. The van der Waals surface area contributed by atoms with Gasteiger partial charge in [0.1, 0.15) is 5.60 Å². The lowest BCUT2D eigenvalue weighted by Gasteiger charge is -2.29. The number of aromatic nitrogens is 2. The maximum Gasteiger partial charge on any atom is 0.253 e. The van der Waals surface area contributed by atoms with Crippen LogP contribution in [0.15, 0.2) is 48.8 Å². The number of pyridine rings is 2. The highest BCUT2D eigenvalue weighted by atomic mass is 16.3. The second kappa shape index (κ2) is 8.01. The van der Waals surface area contributed by atoms with Crippen molar-refractivity contribution < 1.29 is 9.90 Å². The second-order valence-electron chi connectivity index (χ2n) is 8.13. The molecule has 3 aromatic rings. The van der Waals surface area contributed by atoms with E-state index in [1.807, 2.05) is 37.4 Å². The molecule has 1 fully saturated rings. The maximum absolute atomic E-state index is 12.8. The van der Waals surface area contributed by atoms with E-state index in [0.29, 0.717) is 31.6 Å². The maximum atomic E-state index is 12.8. The molecule has 0 radical (unpaired) electrons. The molecule has 1 aliphatic heterocycles. The molecule has 1 atom stereocenters. The third kappa shape index (κ3) is 3.99. The second-order valence-corrected chi connectivity index (χ2v) is 8.13. The Morgan fingerprint density at radius 3 is 2.80 bits per heavy atom. The number of carbonyl (C=O) groups is 1. The van der Waals surface area contributed by atoms with Crippen molar-refractivity contribution in [3.05, 3.63) is 65.6 Å². The van der Waals surface area contributed by atoms with Crippen LogP contribution in [0.2, 0.25) is 0 Å². The summed E-state index contributed by atoms with van der Waals surface area (Å²) in [6.45, 7) is 3.83. The van der Waals surface area contributed by atoms with E-state index in [1.165, 1.54) is 0 Å². The number of nitrogens with two attached hydrogens (primary N) is 1. The van der Waals surface area contributed by atoms with Crippen LogP contribution < -0.4 is 10.6 Å². The molecule has 156 valence electrons. The molecule has 7 nitrogen and oxygen atoms in total. The van der Waals surface area contributed by atoms with Crippen LogP contribution in [-0.2, 0) is 6.54 Å². The summed E-state index contributed by atoms with van der Waals surface area (Å²) >= 11 is 0. The number of amides is 1. The lowest BCUT2D eigenvalue weighted by atomic mass is 10.0. The van der Waals surface area contributed by atoms with Gasteiger partial charge in [-0.2, -0.15) is 0 Å². The molecular weight excluding hydrogens is 378 g/mol. The first-order valence-corrected chi connectivity index (χ1v) is 10.1. The van der Waals surface area contributed by atoms with Gasteiger partial charge in [0.05, 0.1) is 12.1 Å². The fraction of sp³-hybridized carbons (Fsp3) is 0.348. The summed E-state index contributed by atoms with van der Waals surface area (Å²) in [5, 5.41) is 12.2. The van der Waals surface area contributed by atoms with Crippen LogP contribution in [0.3, 0.4) is 0 Å². The topological polar surface area (TPSA) is 95.6 Å². The lowest BCUT2D eigenvalue weighted by molar-refractivity contribution is 0.0264. The molecule has 1 saturated heterocycles. The van der Waals surface area contributed by atoms with Crippen LogP contribution in [-0.4, -0.2) is 58.2 Å². The molecule has 0 unspecified atom stereocenters. The molecule has 30 heavy (non-hydrogen) atoms. The van der Waals surface area contributed by atoms with Crippen LogP contribution in [0, 0.1) is 6.92 Å². The van der Waals surface area contributed by atoms with Gasteiger partial charge in [-0.3, -0.25) is 14.8 Å². The molecule has 0 bridgehead atoms. The zero-order valence-corrected chi connectivity index (χ0v) is 17.4. The van der Waals surface area contributed by atoms with Crippen molar-refractivity contribution in [1.29, 1.82) is 0 Å². The van der Waals surface area contributed by atoms with Gasteiger partial charge in [0.25, 0.3) is 5.91 Å². The Morgan fingerprint density at radius 1 is 1.30 bits per heavy atom. The zero-order valence-electron chi connectivity index (χ0n) is 17.4. The largest absolute Gasteiger partial charge is 0.386 e. The van der Waals surface area contributed by atoms with Gasteiger partial charge < -0.3 is 20.6 Å². The summed E-state index contributed by atoms with van der Waals surface area (Å²) in [4.78, 5) is 25.4. The molecule has 0 aliphatic carbocycles. The molecule has 4 rings (SSSR count). The first kappa shape index (κ1) is 20.3. The zero-order chi connectivity index (χ0) is 21.3. The molecule has 3 heterocycles. The van der Waals surface area contributed by atoms with Crippen LogP contribution in [0.25, 0.3) is 10.9 Å². The molecule has 0 spiro atoms. The molecule has 7 heteroatoms. The predicted molar refractivity (Wildman–Crippen MR) is 117 cm³/mol. The van der Waals surface area contributed by atoms with Crippen molar-refractivity contribution in [2.24, 2.45) is 5.73 Å². The van der Waals surface area contributed by atoms with Gasteiger partial charge in [0, 0.05) is 61.4 Å². The van der Waals surface area contributed by atoms with Gasteiger partial charge in [-0.15, -0.1) is 0 Å². The predicted octanol–water partition coefficient (Wildman–Crippen LogP) is 2.11. The quantitative estimate of drug-likeness (QED) is 0.675. The Bertz CT molecular complexity index is 1070. The Kier molecular flexibility index (Phi) is 5.40. The van der Waals surface area contributed by atoms with Crippen LogP contribution in [0.1, 0.15) is 28.0 Å². The lowest BCUT2D eigenvalue weighted by Crippen LogP contribution is -2.45. The summed E-state index contributed by atoms with van der Waals surface area (Å²) in [6, 6.07) is 11.2. The van der Waals surface area contributed by atoms with Crippen molar-refractivity contribution in [3.8, 4) is 0 Å². The number of β-amino-alcohol motifs (C(OH)–C–C–N with tert-alkyl or cyclic N) is 1. The number of aryl methyl sites for hydroxylation is 1. The minimum absolute atomic E-state index is 0.111. The van der Waals surface area contributed by atoms with Crippen molar-refractivity contribution in [2.45, 2.75) is 25.5 Å². The Balaban J connectivity index is 1.49. The first-order valence-electron chi connectivity index (χ1n) is 10.1. The van der Waals surface area contributed by atoms with Crippen molar-refractivity contribution >= 4 is 22.5 Å². The number of nitrogens with zero attached hydrogens (tertiary/aromatic N) is 4. The van der Waals surface area contributed by atoms with Crippen LogP contribution in [0.5, 0.6) is 0 Å². The van der Waals surface area contributed by atoms with E-state index < -0.39 is 5.60 Å². The minimum Gasteiger partial charge on any atom is -0.386 e. The smallest absolute Gasteiger partial charge is 0.253 e. The summed E-state index contributed by atoms with van der Waals surface area (Å²) < 4.78 is 0. The first-order chi connectivity index (χ1) is 14.4. The Morgan fingerprint density at radius 2 is 2.07 bits per heavy atom. The van der Waals surface area contributed by atoms with E-state index in [-0.39, 0.29) is 12.5 Å². The molecule has 2 aromatic heterocycles. The third-order valence-electron chi connectivity index (χ3n) is 5.70. The van der Waals surface area contributed by atoms with Gasteiger partial charge in [0.2, 0.25) is 0 Å². The van der Waals surface area contributed by atoms with Gasteiger partial charge in [-0.25, -0.2) is 0 Å². The number of likely N-dealkylation sites (N-methyl/N-ethyl adjacent to an activating group) is 1. The summed E-state index contributed by atoms with van der Waals surface area (Å²) in [6.07, 6.45) is 4.13. The van der Waals surface area contributed by atoms with E-state index in [0.717, 1.165) is 27.8 Å². The van der Waals surface area contributed by atoms with Gasteiger partial charge in [0.15, 0.2) is 0 Å². The van der Waals surface area contributed by atoms with Gasteiger partial charge >= 0.3 is 0 Å². The number of rotatable bonds is 5. The van der Waals surface area contributed by atoms with E-state index in [2.05, 4.69) is 14.9 Å². The summed E-state index contributed by atoms with van der Waals surface area (Å²) in [5.41, 5.74) is 9.06. The molecular formula is C23H27N5O2. The number of carbonyl (C=O) groups excluding carboxylic acids is 1. The van der Waals surface area contributed by atoms with Crippen molar-refractivity contribution in [1.82, 2.24) is 14.9 Å². The summed E-state index contributed by atoms with van der Waals surface area (Å²) in [5.74, 6) is -0.111. The fourth-order valence-electron chi connectivity index (χ4n) is 4.15. The van der Waals surface area contributed by atoms with E-state index in [4.69, 9.17) is 5.73 Å². The Hall–Kier alpha value is -3.03. The standard InChI is InChI=1S/C23H27N5O2/c1-16-11-21(19-13-25-9-7-20(19)26-16)28-10-8-23(30,15-28)14-27(2)22(29)18-5-3-17(12-24)4-6-18/h3-7,9,11,13,30H,8,10,12,14-15,24H2,1-2H3/t23-/m1/s1. The third-order valence-corrected chi connectivity index (χ3v) is 5.70. The van der Waals surface area contributed by atoms with Gasteiger partial charge in [-0.1, -0.05) is 12.1 Å². The number of aliphatic hydroxyl groups is 1.